The summed E-state index contributed by atoms with van der Waals surface area (Å²) in [6.45, 7) is 0. The zero-order valence-electron chi connectivity index (χ0n) is 21.6. The van der Waals surface area contributed by atoms with Gasteiger partial charge in [-0.2, -0.15) is 5.26 Å². The SMILES string of the molecule is N#Cc1cc(-c2ccc3c(c2)S(=O)(=O)c2ccccc2-3)cc(-c2nc(-c3ccccc3)nc(-c3ccccc3)n2)c1. The maximum atomic E-state index is 13.3. The molecule has 0 fully saturated rings. The standard InChI is InChI=1S/C34H20N4O2S/c35-21-22-17-26(25-15-16-29-28-13-7-8-14-30(28)41(39,40)31(29)20-25)19-27(18-22)34-37-32(23-9-3-1-4-10-23)36-33(38-34)24-11-5-2-6-12-24/h1-20H. The molecule has 0 unspecified atom stereocenters. The Hall–Kier alpha value is -5.45. The van der Waals surface area contributed by atoms with Gasteiger partial charge in [0.2, 0.25) is 9.84 Å². The molecule has 0 bridgehead atoms. The molecule has 1 aliphatic heterocycles. The van der Waals surface area contributed by atoms with E-state index < -0.39 is 9.84 Å². The Morgan fingerprint density at radius 3 is 1.66 bits per heavy atom. The number of rotatable bonds is 4. The van der Waals surface area contributed by atoms with E-state index in [2.05, 4.69) is 6.07 Å². The van der Waals surface area contributed by atoms with E-state index in [4.69, 9.17) is 15.0 Å². The summed E-state index contributed by atoms with van der Waals surface area (Å²) in [4.78, 5) is 14.9. The summed E-state index contributed by atoms with van der Waals surface area (Å²) in [5, 5.41) is 9.90. The monoisotopic (exact) mass is 548 g/mol. The van der Waals surface area contributed by atoms with Crippen molar-refractivity contribution in [3.63, 3.8) is 0 Å². The topological polar surface area (TPSA) is 96.6 Å². The second-order valence-electron chi connectivity index (χ2n) is 9.66. The highest BCUT2D eigenvalue weighted by Gasteiger charge is 2.32. The highest BCUT2D eigenvalue weighted by molar-refractivity contribution is 7.92. The van der Waals surface area contributed by atoms with Crippen molar-refractivity contribution in [2.24, 2.45) is 0 Å². The van der Waals surface area contributed by atoms with Crippen LogP contribution in [0.15, 0.2) is 131 Å². The summed E-state index contributed by atoms with van der Waals surface area (Å²) in [7, 11) is -3.64. The van der Waals surface area contributed by atoms with Crippen LogP contribution in [0.2, 0.25) is 0 Å². The van der Waals surface area contributed by atoms with E-state index in [1.54, 1.807) is 30.3 Å². The molecule has 194 valence electrons. The molecule has 0 spiro atoms. The van der Waals surface area contributed by atoms with Gasteiger partial charge in [-0.1, -0.05) is 91.0 Å². The first-order valence-electron chi connectivity index (χ1n) is 12.9. The first kappa shape index (κ1) is 24.6. The van der Waals surface area contributed by atoms with Crippen LogP contribution in [0, 0.1) is 11.3 Å². The molecule has 0 saturated carbocycles. The fourth-order valence-electron chi connectivity index (χ4n) is 5.11. The molecule has 2 heterocycles. The summed E-state index contributed by atoms with van der Waals surface area (Å²) in [5.74, 6) is 1.44. The highest BCUT2D eigenvalue weighted by Crippen LogP contribution is 2.44. The molecule has 7 rings (SSSR count). The average molecular weight is 549 g/mol. The lowest BCUT2D eigenvalue weighted by molar-refractivity contribution is 0.598. The average Bonchev–Trinajstić information content (AvgIpc) is 3.27. The molecular formula is C34H20N4O2S. The van der Waals surface area contributed by atoms with Crippen molar-refractivity contribution in [1.29, 1.82) is 5.26 Å². The van der Waals surface area contributed by atoms with Crippen LogP contribution in [0.25, 0.3) is 56.4 Å². The molecule has 0 amide bonds. The van der Waals surface area contributed by atoms with Gasteiger partial charge in [0, 0.05) is 27.8 Å². The fraction of sp³-hybridized carbons (Fsp3) is 0. The van der Waals surface area contributed by atoms with Crippen LogP contribution >= 0.6 is 0 Å². The predicted octanol–water partition coefficient (Wildman–Crippen LogP) is 7.22. The number of hydrogen-bond donors (Lipinski definition) is 0. The number of aromatic nitrogens is 3. The van der Waals surface area contributed by atoms with E-state index in [0.29, 0.717) is 55.7 Å². The minimum absolute atomic E-state index is 0.262. The maximum Gasteiger partial charge on any atom is 0.207 e. The molecule has 0 atom stereocenters. The zero-order chi connectivity index (χ0) is 28.0. The van der Waals surface area contributed by atoms with Gasteiger partial charge in [-0.05, 0) is 41.5 Å². The van der Waals surface area contributed by atoms with Gasteiger partial charge in [0.05, 0.1) is 21.4 Å². The number of hydrogen-bond acceptors (Lipinski definition) is 6. The van der Waals surface area contributed by atoms with Crippen LogP contribution in [0.3, 0.4) is 0 Å². The van der Waals surface area contributed by atoms with Crippen molar-refractivity contribution in [2.75, 3.05) is 0 Å². The third kappa shape index (κ3) is 4.27. The molecule has 5 aromatic carbocycles. The van der Waals surface area contributed by atoms with Gasteiger partial charge in [-0.3, -0.25) is 0 Å². The molecule has 0 N–H and O–H groups in total. The van der Waals surface area contributed by atoms with Gasteiger partial charge < -0.3 is 0 Å². The van der Waals surface area contributed by atoms with E-state index in [-0.39, 0.29) is 4.90 Å². The Morgan fingerprint density at radius 2 is 1.02 bits per heavy atom. The normalized spacial score (nSPS) is 12.8. The molecule has 0 radical (unpaired) electrons. The number of nitrogens with zero attached hydrogens (tertiary/aromatic N) is 4. The minimum Gasteiger partial charge on any atom is -0.218 e. The molecule has 0 saturated heterocycles. The van der Waals surface area contributed by atoms with Gasteiger partial charge in [0.1, 0.15) is 0 Å². The molecule has 41 heavy (non-hydrogen) atoms. The van der Waals surface area contributed by atoms with Crippen molar-refractivity contribution >= 4 is 9.84 Å². The van der Waals surface area contributed by atoms with Crippen LogP contribution < -0.4 is 0 Å². The summed E-state index contributed by atoms with van der Waals surface area (Å²) in [6, 6.07) is 39.3. The second-order valence-corrected chi connectivity index (χ2v) is 11.5. The second kappa shape index (κ2) is 9.63. The molecule has 1 aliphatic rings. The lowest BCUT2D eigenvalue weighted by Crippen LogP contribution is -2.00. The Kier molecular flexibility index (Phi) is 5.77. The lowest BCUT2D eigenvalue weighted by Gasteiger charge is -2.11. The summed E-state index contributed by atoms with van der Waals surface area (Å²) >= 11 is 0. The van der Waals surface area contributed by atoms with Crippen molar-refractivity contribution in [1.82, 2.24) is 15.0 Å². The maximum absolute atomic E-state index is 13.3. The van der Waals surface area contributed by atoms with Gasteiger partial charge in [-0.15, -0.1) is 0 Å². The smallest absolute Gasteiger partial charge is 0.207 e. The van der Waals surface area contributed by atoms with Gasteiger partial charge in [-0.25, -0.2) is 23.4 Å². The Labute approximate surface area is 237 Å². The predicted molar refractivity (Wildman–Crippen MR) is 157 cm³/mol. The van der Waals surface area contributed by atoms with E-state index in [1.165, 1.54) is 0 Å². The summed E-state index contributed by atoms with van der Waals surface area (Å²) in [5.41, 5.74) is 5.47. The number of sulfone groups is 1. The molecule has 6 nitrogen and oxygen atoms in total. The zero-order valence-corrected chi connectivity index (χ0v) is 22.4. The third-order valence-corrected chi connectivity index (χ3v) is 8.94. The quantitative estimate of drug-likeness (QED) is 0.230. The molecule has 7 heteroatoms. The molecule has 0 aliphatic carbocycles. The third-order valence-electron chi connectivity index (χ3n) is 7.09. The van der Waals surface area contributed by atoms with E-state index in [9.17, 15) is 13.7 Å². The Morgan fingerprint density at radius 1 is 0.488 bits per heavy atom. The van der Waals surface area contributed by atoms with Crippen LogP contribution in [-0.2, 0) is 9.84 Å². The van der Waals surface area contributed by atoms with Gasteiger partial charge in [0.25, 0.3) is 0 Å². The first-order valence-corrected chi connectivity index (χ1v) is 14.4. The summed E-state index contributed by atoms with van der Waals surface area (Å²) in [6.07, 6.45) is 0. The summed E-state index contributed by atoms with van der Waals surface area (Å²) < 4.78 is 26.7. The molecular weight excluding hydrogens is 528 g/mol. The van der Waals surface area contributed by atoms with Crippen molar-refractivity contribution in [3.05, 3.63) is 127 Å². The van der Waals surface area contributed by atoms with Crippen LogP contribution in [0.1, 0.15) is 5.56 Å². The van der Waals surface area contributed by atoms with Crippen LogP contribution in [0.4, 0.5) is 0 Å². The van der Waals surface area contributed by atoms with Crippen molar-refractivity contribution in [3.8, 4) is 62.5 Å². The highest BCUT2D eigenvalue weighted by atomic mass is 32.2. The largest absolute Gasteiger partial charge is 0.218 e. The number of benzene rings is 5. The number of fused-ring (bicyclic) bond motifs is 3. The van der Waals surface area contributed by atoms with Crippen molar-refractivity contribution < 1.29 is 8.42 Å². The Bertz CT molecular complexity index is 2060. The number of nitriles is 1. The van der Waals surface area contributed by atoms with Crippen molar-refractivity contribution in [2.45, 2.75) is 9.79 Å². The fourth-order valence-corrected chi connectivity index (χ4v) is 6.83. The minimum atomic E-state index is -3.64. The van der Waals surface area contributed by atoms with Crippen LogP contribution in [-0.4, -0.2) is 23.4 Å². The molecule has 6 aromatic rings. The van der Waals surface area contributed by atoms with E-state index in [1.807, 2.05) is 91.0 Å². The van der Waals surface area contributed by atoms with Crippen LogP contribution in [0.5, 0.6) is 0 Å². The van der Waals surface area contributed by atoms with Gasteiger partial charge in [0.15, 0.2) is 17.5 Å². The Balaban J connectivity index is 1.40. The van der Waals surface area contributed by atoms with Gasteiger partial charge >= 0.3 is 0 Å². The molecule has 1 aromatic heterocycles. The van der Waals surface area contributed by atoms with E-state index in [0.717, 1.165) is 11.1 Å². The lowest BCUT2D eigenvalue weighted by atomic mass is 9.97. The first-order chi connectivity index (χ1) is 20.0. The van der Waals surface area contributed by atoms with E-state index >= 15 is 0 Å².